The average molecular weight is 299 g/mol. The zero-order valence-electron chi connectivity index (χ0n) is 11.8. The first-order valence-corrected chi connectivity index (χ1v) is 8.22. The molecule has 1 N–H and O–H groups in total. The van der Waals surface area contributed by atoms with Gasteiger partial charge in [-0.15, -0.1) is 0 Å². The molecule has 0 saturated heterocycles. The third-order valence-corrected chi connectivity index (χ3v) is 4.70. The molecule has 0 heterocycles. The van der Waals surface area contributed by atoms with Crippen molar-refractivity contribution >= 4 is 15.7 Å². The summed E-state index contributed by atoms with van der Waals surface area (Å²) in [5.74, 6) is -0.474. The lowest BCUT2D eigenvalue weighted by Crippen LogP contribution is -2.39. The van der Waals surface area contributed by atoms with Crippen molar-refractivity contribution in [2.45, 2.75) is 31.2 Å². The number of aliphatic hydroxyl groups excluding tert-OH is 1. The second-order valence-corrected chi connectivity index (χ2v) is 6.90. The standard InChI is InChI=1S/C14H21NO4S/c1-12(2)15(9-10-16)14(17)8-11-20(18,19)13-6-4-3-5-7-13/h3-7,12,16H,8-11H2,1-2H3. The fourth-order valence-corrected chi connectivity index (χ4v) is 3.14. The quantitative estimate of drug-likeness (QED) is 0.817. The molecule has 0 radical (unpaired) electrons. The van der Waals surface area contributed by atoms with Gasteiger partial charge >= 0.3 is 0 Å². The number of aliphatic hydroxyl groups is 1. The highest BCUT2D eigenvalue weighted by molar-refractivity contribution is 7.91. The highest BCUT2D eigenvalue weighted by atomic mass is 32.2. The number of carbonyl (C=O) groups is 1. The molecule has 0 unspecified atom stereocenters. The first kappa shape index (κ1) is 16.7. The van der Waals surface area contributed by atoms with Crippen LogP contribution in [0.25, 0.3) is 0 Å². The lowest BCUT2D eigenvalue weighted by molar-refractivity contribution is -0.133. The van der Waals surface area contributed by atoms with Crippen LogP contribution in [0.4, 0.5) is 0 Å². The number of carbonyl (C=O) groups excluding carboxylic acids is 1. The van der Waals surface area contributed by atoms with E-state index in [-0.39, 0.29) is 42.2 Å². The Balaban J connectivity index is 2.69. The second-order valence-electron chi connectivity index (χ2n) is 4.79. The molecule has 0 spiro atoms. The minimum atomic E-state index is -3.44. The highest BCUT2D eigenvalue weighted by Gasteiger charge is 2.20. The van der Waals surface area contributed by atoms with Crippen LogP contribution in [0.3, 0.4) is 0 Å². The normalized spacial score (nSPS) is 11.6. The number of amides is 1. The van der Waals surface area contributed by atoms with E-state index in [0.717, 1.165) is 0 Å². The number of sulfone groups is 1. The molecular weight excluding hydrogens is 278 g/mol. The zero-order chi connectivity index (χ0) is 15.2. The van der Waals surface area contributed by atoms with Crippen molar-refractivity contribution in [3.8, 4) is 0 Å². The topological polar surface area (TPSA) is 74.7 Å². The van der Waals surface area contributed by atoms with Gasteiger partial charge in [0, 0.05) is 19.0 Å². The van der Waals surface area contributed by atoms with Crippen LogP contribution in [0.15, 0.2) is 35.2 Å². The van der Waals surface area contributed by atoms with Gasteiger partial charge in [0.05, 0.1) is 17.3 Å². The van der Waals surface area contributed by atoms with E-state index in [1.54, 1.807) is 18.2 Å². The summed E-state index contributed by atoms with van der Waals surface area (Å²) in [5, 5.41) is 8.93. The van der Waals surface area contributed by atoms with Crippen LogP contribution in [0.2, 0.25) is 0 Å². The van der Waals surface area contributed by atoms with Crippen LogP contribution in [0.1, 0.15) is 20.3 Å². The van der Waals surface area contributed by atoms with Crippen LogP contribution in [0.5, 0.6) is 0 Å². The first-order valence-electron chi connectivity index (χ1n) is 6.56. The molecule has 0 aliphatic rings. The average Bonchev–Trinajstić information content (AvgIpc) is 2.43. The Morgan fingerprint density at radius 3 is 2.35 bits per heavy atom. The molecule has 5 nitrogen and oxygen atoms in total. The predicted octanol–water partition coefficient (Wildman–Crippen LogP) is 1.08. The van der Waals surface area contributed by atoms with Crippen LogP contribution in [-0.4, -0.2) is 49.3 Å². The smallest absolute Gasteiger partial charge is 0.223 e. The van der Waals surface area contributed by atoms with E-state index in [9.17, 15) is 13.2 Å². The fourth-order valence-electron chi connectivity index (χ4n) is 1.89. The van der Waals surface area contributed by atoms with Gasteiger partial charge in [0.15, 0.2) is 9.84 Å². The predicted molar refractivity (Wildman–Crippen MR) is 77.0 cm³/mol. The van der Waals surface area contributed by atoms with Crippen LogP contribution >= 0.6 is 0 Å². The van der Waals surface area contributed by atoms with Gasteiger partial charge in [0.25, 0.3) is 0 Å². The van der Waals surface area contributed by atoms with Crippen molar-refractivity contribution < 1.29 is 18.3 Å². The molecule has 0 bridgehead atoms. The summed E-state index contributed by atoms with van der Waals surface area (Å²) in [4.78, 5) is 13.7. The Bertz CT molecular complexity index is 525. The Hall–Kier alpha value is -1.40. The number of hydrogen-bond acceptors (Lipinski definition) is 4. The first-order chi connectivity index (χ1) is 9.38. The van der Waals surface area contributed by atoms with Gasteiger partial charge in [-0.1, -0.05) is 18.2 Å². The molecule has 0 aromatic heterocycles. The van der Waals surface area contributed by atoms with Crippen LogP contribution < -0.4 is 0 Å². The van der Waals surface area contributed by atoms with Gasteiger partial charge in [-0.3, -0.25) is 4.79 Å². The summed E-state index contributed by atoms with van der Waals surface area (Å²) in [6.07, 6.45) is -0.0740. The van der Waals surface area contributed by atoms with E-state index in [4.69, 9.17) is 5.11 Å². The summed E-state index contributed by atoms with van der Waals surface area (Å²) < 4.78 is 24.1. The molecule has 6 heteroatoms. The molecule has 1 aromatic rings. The maximum Gasteiger partial charge on any atom is 0.223 e. The van der Waals surface area contributed by atoms with Gasteiger partial charge < -0.3 is 10.0 Å². The second kappa shape index (κ2) is 7.40. The lowest BCUT2D eigenvalue weighted by Gasteiger charge is -2.25. The van der Waals surface area contributed by atoms with E-state index >= 15 is 0 Å². The number of rotatable bonds is 7. The van der Waals surface area contributed by atoms with Crippen LogP contribution in [0, 0.1) is 0 Å². The SMILES string of the molecule is CC(C)N(CCO)C(=O)CCS(=O)(=O)c1ccccc1. The molecule has 1 aromatic carbocycles. The van der Waals surface area contributed by atoms with Crippen molar-refractivity contribution in [1.29, 1.82) is 0 Å². The molecule has 112 valence electrons. The number of benzene rings is 1. The largest absolute Gasteiger partial charge is 0.395 e. The Morgan fingerprint density at radius 1 is 1.25 bits per heavy atom. The van der Waals surface area contributed by atoms with Gasteiger partial charge in [-0.2, -0.15) is 0 Å². The Labute approximate surface area is 120 Å². The molecule has 1 rings (SSSR count). The van der Waals surface area contributed by atoms with Crippen molar-refractivity contribution in [2.75, 3.05) is 18.9 Å². The molecule has 0 saturated carbocycles. The van der Waals surface area contributed by atoms with E-state index < -0.39 is 9.84 Å². The molecular formula is C14H21NO4S. The summed E-state index contributed by atoms with van der Waals surface area (Å²) in [6.45, 7) is 3.76. The molecule has 1 amide bonds. The van der Waals surface area contributed by atoms with Gasteiger partial charge in [-0.05, 0) is 26.0 Å². The summed E-state index contributed by atoms with van der Waals surface area (Å²) in [6, 6.07) is 8.03. The molecule has 0 atom stereocenters. The van der Waals surface area contributed by atoms with Crippen molar-refractivity contribution in [1.82, 2.24) is 4.90 Å². The number of nitrogens with zero attached hydrogens (tertiary/aromatic N) is 1. The van der Waals surface area contributed by atoms with E-state index in [1.165, 1.54) is 17.0 Å². The minimum Gasteiger partial charge on any atom is -0.395 e. The monoisotopic (exact) mass is 299 g/mol. The van der Waals surface area contributed by atoms with E-state index in [1.807, 2.05) is 13.8 Å². The number of hydrogen-bond donors (Lipinski definition) is 1. The van der Waals surface area contributed by atoms with Crippen molar-refractivity contribution in [2.24, 2.45) is 0 Å². The van der Waals surface area contributed by atoms with Gasteiger partial charge in [0.1, 0.15) is 0 Å². The van der Waals surface area contributed by atoms with Crippen molar-refractivity contribution in [3.05, 3.63) is 30.3 Å². The summed E-state index contributed by atoms with van der Waals surface area (Å²) in [5.41, 5.74) is 0. The fraction of sp³-hybridized carbons (Fsp3) is 0.500. The minimum absolute atomic E-state index is 0.0610. The maximum atomic E-state index is 12.1. The summed E-state index contributed by atoms with van der Waals surface area (Å²) in [7, 11) is -3.44. The third kappa shape index (κ3) is 4.61. The lowest BCUT2D eigenvalue weighted by atomic mass is 10.3. The molecule has 0 aliphatic heterocycles. The van der Waals surface area contributed by atoms with Gasteiger partial charge in [-0.25, -0.2) is 8.42 Å². The third-order valence-electron chi connectivity index (χ3n) is 2.97. The summed E-state index contributed by atoms with van der Waals surface area (Å²) >= 11 is 0. The Morgan fingerprint density at radius 2 is 1.85 bits per heavy atom. The van der Waals surface area contributed by atoms with E-state index in [0.29, 0.717) is 0 Å². The molecule has 0 fully saturated rings. The zero-order valence-corrected chi connectivity index (χ0v) is 12.6. The van der Waals surface area contributed by atoms with Gasteiger partial charge in [0.2, 0.25) is 5.91 Å². The van der Waals surface area contributed by atoms with Crippen molar-refractivity contribution in [3.63, 3.8) is 0 Å². The molecule has 20 heavy (non-hydrogen) atoms. The maximum absolute atomic E-state index is 12.1. The molecule has 0 aliphatic carbocycles. The highest BCUT2D eigenvalue weighted by Crippen LogP contribution is 2.12. The van der Waals surface area contributed by atoms with Crippen LogP contribution in [-0.2, 0) is 14.6 Å². The Kier molecular flexibility index (Phi) is 6.16. The van der Waals surface area contributed by atoms with E-state index in [2.05, 4.69) is 0 Å².